The lowest BCUT2D eigenvalue weighted by Gasteiger charge is -2.23. The van der Waals surface area contributed by atoms with E-state index in [2.05, 4.69) is 4.90 Å². The van der Waals surface area contributed by atoms with Crippen LogP contribution in [0.3, 0.4) is 0 Å². The number of ether oxygens (including phenoxy) is 1. The van der Waals surface area contributed by atoms with Crippen LogP contribution in [-0.2, 0) is 11.3 Å². The van der Waals surface area contributed by atoms with Crippen LogP contribution in [0.1, 0.15) is 42.4 Å². The second-order valence-electron chi connectivity index (χ2n) is 9.11. The molecule has 2 aromatic heterocycles. The predicted molar refractivity (Wildman–Crippen MR) is 149 cm³/mol. The molecule has 4 heterocycles. The van der Waals surface area contributed by atoms with Gasteiger partial charge in [0.05, 0.1) is 24.1 Å². The van der Waals surface area contributed by atoms with Crippen molar-refractivity contribution in [1.29, 1.82) is 0 Å². The summed E-state index contributed by atoms with van der Waals surface area (Å²) >= 11 is 6.78. The number of pyridine rings is 1. The number of amides is 1. The Morgan fingerprint density at radius 2 is 1.78 bits per heavy atom. The lowest BCUT2D eigenvalue weighted by atomic mass is 10.2. The van der Waals surface area contributed by atoms with Crippen LogP contribution in [0.15, 0.2) is 52.3 Å². The van der Waals surface area contributed by atoms with Crippen LogP contribution in [0, 0.1) is 6.92 Å². The summed E-state index contributed by atoms with van der Waals surface area (Å²) in [6, 6.07) is 11.4. The number of thiocarbonyl (C=S) groups is 1. The fourth-order valence-electron chi connectivity index (χ4n) is 4.58. The minimum absolute atomic E-state index is 0.177. The monoisotopic (exact) mass is 520 g/mol. The third-order valence-corrected chi connectivity index (χ3v) is 7.92. The van der Waals surface area contributed by atoms with Gasteiger partial charge in [-0.15, -0.1) is 0 Å². The fourth-order valence-corrected chi connectivity index (χ4v) is 5.81. The van der Waals surface area contributed by atoms with Gasteiger partial charge >= 0.3 is 0 Å². The lowest BCUT2D eigenvalue weighted by molar-refractivity contribution is -0.122. The first kappa shape index (κ1) is 24.5. The summed E-state index contributed by atoms with van der Waals surface area (Å²) in [6.07, 6.45) is 7.93. The summed E-state index contributed by atoms with van der Waals surface area (Å²) < 4.78 is 7.27. The molecule has 0 saturated carbocycles. The molecule has 0 radical (unpaired) electrons. The molecule has 1 aromatic carbocycles. The van der Waals surface area contributed by atoms with Crippen LogP contribution in [0.2, 0.25) is 0 Å². The fraction of sp³-hybridized carbons (Fsp3) is 0.333. The number of hydrogen-bond acceptors (Lipinski definition) is 7. The van der Waals surface area contributed by atoms with Gasteiger partial charge in [-0.3, -0.25) is 18.9 Å². The molecular weight excluding hydrogens is 492 g/mol. The zero-order valence-corrected chi connectivity index (χ0v) is 22.0. The van der Waals surface area contributed by atoms with Crippen molar-refractivity contribution in [3.8, 4) is 5.75 Å². The molecule has 3 aromatic rings. The Balaban J connectivity index is 1.54. The number of benzene rings is 1. The Morgan fingerprint density at radius 1 is 1.06 bits per heavy atom. The van der Waals surface area contributed by atoms with Gasteiger partial charge in [0.2, 0.25) is 0 Å². The molecule has 0 spiro atoms. The van der Waals surface area contributed by atoms with Crippen LogP contribution >= 0.6 is 24.0 Å². The average Bonchev–Trinajstić information content (AvgIpc) is 3.05. The SMILES string of the molecule is COc1ccc(CN2C(=O)/C(=C\c3c(N4CCCCCC4)nc4ccc(C)cn4c3=O)SC2=S)cc1. The molecular formula is C27H28N4O3S2. The maximum atomic E-state index is 13.7. The first-order valence-electron chi connectivity index (χ1n) is 12.1. The van der Waals surface area contributed by atoms with Gasteiger partial charge < -0.3 is 9.64 Å². The Morgan fingerprint density at radius 3 is 2.47 bits per heavy atom. The number of aryl methyl sites for hydroxylation is 1. The number of rotatable bonds is 5. The average molecular weight is 521 g/mol. The van der Waals surface area contributed by atoms with Crippen molar-refractivity contribution in [2.45, 2.75) is 39.2 Å². The van der Waals surface area contributed by atoms with Gasteiger partial charge in [0.25, 0.3) is 11.5 Å². The first-order valence-corrected chi connectivity index (χ1v) is 13.3. The maximum absolute atomic E-state index is 13.7. The summed E-state index contributed by atoms with van der Waals surface area (Å²) in [5.41, 5.74) is 2.77. The Labute approximate surface area is 219 Å². The van der Waals surface area contributed by atoms with E-state index in [1.165, 1.54) is 24.6 Å². The van der Waals surface area contributed by atoms with Gasteiger partial charge in [0.1, 0.15) is 21.5 Å². The molecule has 0 N–H and O–H groups in total. The van der Waals surface area contributed by atoms with Crippen molar-refractivity contribution in [2.24, 2.45) is 0 Å². The maximum Gasteiger partial charge on any atom is 0.267 e. The number of nitrogens with zero attached hydrogens (tertiary/aromatic N) is 4. The van der Waals surface area contributed by atoms with Crippen LogP contribution in [0.4, 0.5) is 5.82 Å². The van der Waals surface area contributed by atoms with E-state index in [0.717, 1.165) is 42.8 Å². The van der Waals surface area contributed by atoms with Crippen LogP contribution in [0.25, 0.3) is 11.7 Å². The van der Waals surface area contributed by atoms with Crippen molar-refractivity contribution in [3.63, 3.8) is 0 Å². The van der Waals surface area contributed by atoms with E-state index in [0.29, 0.717) is 32.8 Å². The highest BCUT2D eigenvalue weighted by molar-refractivity contribution is 8.26. The molecule has 5 rings (SSSR count). The molecule has 1 amide bonds. The summed E-state index contributed by atoms with van der Waals surface area (Å²) in [5, 5.41) is 0. The second kappa shape index (κ2) is 10.4. The number of methoxy groups -OCH3 is 1. The van der Waals surface area contributed by atoms with Crippen molar-refractivity contribution in [3.05, 3.63) is 74.5 Å². The Bertz CT molecular complexity index is 1410. The van der Waals surface area contributed by atoms with E-state index >= 15 is 0 Å². The van der Waals surface area contributed by atoms with Gasteiger partial charge in [-0.2, -0.15) is 0 Å². The quantitative estimate of drug-likeness (QED) is 0.354. The lowest BCUT2D eigenvalue weighted by Crippen LogP contribution is -2.30. The van der Waals surface area contributed by atoms with Crippen LogP contribution in [-0.4, -0.2) is 44.7 Å². The molecule has 36 heavy (non-hydrogen) atoms. The van der Waals surface area contributed by atoms with Gasteiger partial charge in [-0.25, -0.2) is 4.98 Å². The number of carbonyl (C=O) groups is 1. The highest BCUT2D eigenvalue weighted by Crippen LogP contribution is 2.35. The third kappa shape index (κ3) is 4.90. The van der Waals surface area contributed by atoms with Crippen molar-refractivity contribution in [2.75, 3.05) is 25.1 Å². The molecule has 186 valence electrons. The van der Waals surface area contributed by atoms with E-state index in [1.54, 1.807) is 28.7 Å². The summed E-state index contributed by atoms with van der Waals surface area (Å²) in [5.74, 6) is 1.20. The van der Waals surface area contributed by atoms with Crippen molar-refractivity contribution < 1.29 is 9.53 Å². The van der Waals surface area contributed by atoms with Crippen LogP contribution < -0.4 is 15.2 Å². The summed E-state index contributed by atoms with van der Waals surface area (Å²) in [4.78, 5) is 36.2. The van der Waals surface area contributed by atoms with Crippen LogP contribution in [0.5, 0.6) is 5.75 Å². The zero-order chi connectivity index (χ0) is 25.2. The normalized spacial score (nSPS) is 17.8. The molecule has 0 bridgehead atoms. The van der Waals surface area contributed by atoms with Crippen molar-refractivity contribution >= 4 is 51.7 Å². The first-order chi connectivity index (χ1) is 17.4. The molecule has 2 aliphatic heterocycles. The number of aromatic nitrogens is 2. The molecule has 2 saturated heterocycles. The van der Waals surface area contributed by atoms with E-state index in [4.69, 9.17) is 21.9 Å². The van der Waals surface area contributed by atoms with E-state index < -0.39 is 0 Å². The largest absolute Gasteiger partial charge is 0.497 e. The third-order valence-electron chi connectivity index (χ3n) is 6.54. The standard InChI is InChI=1S/C27H28N4O3S2/c1-18-7-12-23-28-24(29-13-5-3-4-6-14-29)21(25(32)30(23)16-18)15-22-26(33)31(27(35)36-22)17-19-8-10-20(34-2)11-9-19/h7-12,15-16H,3-6,13-14,17H2,1-2H3/b22-15+. The van der Waals surface area contributed by atoms with Crippen molar-refractivity contribution in [1.82, 2.24) is 14.3 Å². The molecule has 2 aliphatic rings. The smallest absolute Gasteiger partial charge is 0.267 e. The van der Waals surface area contributed by atoms with Gasteiger partial charge in [0.15, 0.2) is 0 Å². The summed E-state index contributed by atoms with van der Waals surface area (Å²) in [6.45, 7) is 3.99. The van der Waals surface area contributed by atoms with E-state index in [1.807, 2.05) is 43.3 Å². The molecule has 0 atom stereocenters. The Hall–Kier alpha value is -3.17. The minimum Gasteiger partial charge on any atom is -0.497 e. The summed E-state index contributed by atoms with van der Waals surface area (Å²) in [7, 11) is 1.62. The van der Waals surface area contributed by atoms with Gasteiger partial charge in [0, 0.05) is 19.3 Å². The molecule has 9 heteroatoms. The highest BCUT2D eigenvalue weighted by atomic mass is 32.2. The molecule has 0 unspecified atom stereocenters. The molecule has 0 aliphatic carbocycles. The molecule has 2 fully saturated rings. The topological polar surface area (TPSA) is 67.2 Å². The minimum atomic E-state index is -0.198. The van der Waals surface area contributed by atoms with Gasteiger partial charge in [-0.1, -0.05) is 55.0 Å². The zero-order valence-electron chi connectivity index (χ0n) is 20.4. The number of thioether (sulfide) groups is 1. The second-order valence-corrected chi connectivity index (χ2v) is 10.8. The number of fused-ring (bicyclic) bond motifs is 1. The number of anilines is 1. The predicted octanol–water partition coefficient (Wildman–Crippen LogP) is 4.79. The highest BCUT2D eigenvalue weighted by Gasteiger charge is 2.33. The Kier molecular flexibility index (Phi) is 7.11. The molecule has 7 nitrogen and oxygen atoms in total. The number of hydrogen-bond donors (Lipinski definition) is 0. The van der Waals surface area contributed by atoms with E-state index in [-0.39, 0.29) is 11.5 Å². The number of carbonyl (C=O) groups excluding carboxylic acids is 1. The van der Waals surface area contributed by atoms with Gasteiger partial charge in [-0.05, 0) is 55.2 Å². The van der Waals surface area contributed by atoms with E-state index in [9.17, 15) is 9.59 Å².